The highest BCUT2D eigenvalue weighted by Gasteiger charge is 2.34. The lowest BCUT2D eigenvalue weighted by Gasteiger charge is -2.27. The molecule has 0 N–H and O–H groups in total. The smallest absolute Gasteiger partial charge is 0.173 e. The Morgan fingerprint density at radius 3 is 2.23 bits per heavy atom. The van der Waals surface area contributed by atoms with Gasteiger partial charge in [-0.1, -0.05) is 31.4 Å². The normalized spacial score (nSPS) is 15.3. The van der Waals surface area contributed by atoms with E-state index in [2.05, 4.69) is 0 Å². The van der Waals surface area contributed by atoms with E-state index in [9.17, 15) is 17.6 Å². The first-order chi connectivity index (χ1) is 15.0. The molecule has 0 unspecified atom stereocenters. The SMILES string of the molecule is CCOc1ccc2c(c1F)-c1c-2cc(-c2ccc(C3CCCCC3)c(F)c2)c(F)c1F. The van der Waals surface area contributed by atoms with Crippen LogP contribution in [0.1, 0.15) is 50.5 Å². The van der Waals surface area contributed by atoms with Gasteiger partial charge >= 0.3 is 0 Å². The number of hydrogen-bond donors (Lipinski definition) is 0. The monoisotopic (exact) mass is 426 g/mol. The molecule has 0 aliphatic heterocycles. The van der Waals surface area contributed by atoms with E-state index in [-0.39, 0.29) is 46.3 Å². The van der Waals surface area contributed by atoms with Gasteiger partial charge in [-0.3, -0.25) is 0 Å². The minimum Gasteiger partial charge on any atom is -0.491 e. The van der Waals surface area contributed by atoms with Crippen molar-refractivity contribution in [2.75, 3.05) is 6.61 Å². The van der Waals surface area contributed by atoms with Crippen molar-refractivity contribution in [2.45, 2.75) is 44.9 Å². The molecule has 0 bridgehead atoms. The van der Waals surface area contributed by atoms with Gasteiger partial charge in [-0.2, -0.15) is 0 Å². The molecule has 0 spiro atoms. The summed E-state index contributed by atoms with van der Waals surface area (Å²) < 4.78 is 64.8. The van der Waals surface area contributed by atoms with Gasteiger partial charge in [-0.15, -0.1) is 0 Å². The molecule has 0 atom stereocenters. The molecule has 0 heterocycles. The van der Waals surface area contributed by atoms with E-state index in [1.54, 1.807) is 25.1 Å². The second kappa shape index (κ2) is 7.70. The lowest BCUT2D eigenvalue weighted by Crippen LogP contribution is -2.10. The number of ether oxygens (including phenoxy) is 1. The number of hydrogen-bond acceptors (Lipinski definition) is 1. The predicted octanol–water partition coefficient (Wildman–Crippen LogP) is 8.00. The molecule has 1 nitrogen and oxygen atoms in total. The fourth-order valence-electron chi connectivity index (χ4n) is 4.96. The summed E-state index contributed by atoms with van der Waals surface area (Å²) in [5.74, 6) is -3.12. The quantitative estimate of drug-likeness (QED) is 0.300. The van der Waals surface area contributed by atoms with Crippen LogP contribution in [-0.4, -0.2) is 6.61 Å². The molecule has 1 saturated carbocycles. The number of benzene rings is 3. The van der Waals surface area contributed by atoms with Crippen LogP contribution < -0.4 is 4.74 Å². The zero-order valence-electron chi connectivity index (χ0n) is 17.2. The van der Waals surface area contributed by atoms with E-state index in [0.717, 1.165) is 25.7 Å². The van der Waals surface area contributed by atoms with E-state index in [4.69, 9.17) is 4.74 Å². The second-order valence-corrected chi connectivity index (χ2v) is 8.28. The van der Waals surface area contributed by atoms with Crippen LogP contribution in [0.5, 0.6) is 5.75 Å². The third kappa shape index (κ3) is 3.13. The molecule has 2 aliphatic carbocycles. The second-order valence-electron chi connectivity index (χ2n) is 8.28. The van der Waals surface area contributed by atoms with Crippen LogP contribution in [0.4, 0.5) is 17.6 Å². The minimum absolute atomic E-state index is 0.0103. The molecule has 2 aliphatic rings. The van der Waals surface area contributed by atoms with Crippen molar-refractivity contribution in [2.24, 2.45) is 0 Å². The molecule has 5 heteroatoms. The summed E-state index contributed by atoms with van der Waals surface area (Å²) >= 11 is 0. The Morgan fingerprint density at radius 2 is 1.52 bits per heavy atom. The van der Waals surface area contributed by atoms with Gasteiger partial charge in [0.05, 0.1) is 6.61 Å². The molecule has 0 saturated heterocycles. The molecule has 0 amide bonds. The van der Waals surface area contributed by atoms with Gasteiger partial charge in [0.1, 0.15) is 5.82 Å². The van der Waals surface area contributed by atoms with Crippen molar-refractivity contribution in [3.8, 4) is 39.1 Å². The largest absolute Gasteiger partial charge is 0.491 e. The zero-order chi connectivity index (χ0) is 21.7. The Labute approximate surface area is 178 Å². The van der Waals surface area contributed by atoms with Crippen LogP contribution in [0, 0.1) is 23.3 Å². The van der Waals surface area contributed by atoms with Crippen LogP contribution in [-0.2, 0) is 0 Å². The summed E-state index contributed by atoms with van der Waals surface area (Å²) in [6.07, 6.45) is 5.23. The molecular formula is C26H22F4O. The zero-order valence-corrected chi connectivity index (χ0v) is 17.2. The fourth-order valence-corrected chi connectivity index (χ4v) is 4.96. The van der Waals surface area contributed by atoms with Gasteiger partial charge in [-0.25, -0.2) is 17.6 Å². The van der Waals surface area contributed by atoms with Crippen LogP contribution in [0.2, 0.25) is 0 Å². The Hall–Kier alpha value is -2.82. The average molecular weight is 426 g/mol. The fraction of sp³-hybridized carbons (Fsp3) is 0.308. The lowest BCUT2D eigenvalue weighted by atomic mass is 9.77. The lowest BCUT2D eigenvalue weighted by molar-refractivity contribution is 0.322. The van der Waals surface area contributed by atoms with E-state index >= 15 is 0 Å². The first kappa shape index (κ1) is 20.1. The van der Waals surface area contributed by atoms with E-state index in [1.165, 1.54) is 24.6 Å². The highest BCUT2D eigenvalue weighted by molar-refractivity contribution is 6.05. The molecule has 0 radical (unpaired) electrons. The molecule has 3 aromatic carbocycles. The maximum atomic E-state index is 15.0. The standard InChI is InChI=1S/C26H22F4O/c1-2-31-21-11-10-17-19-13-18(24(28)26(30)23(19)22(17)25(21)29)15-8-9-16(20(27)12-15)14-6-4-3-5-7-14/h8-14H,2-7H2,1H3. The third-order valence-corrected chi connectivity index (χ3v) is 6.51. The maximum absolute atomic E-state index is 15.0. The minimum atomic E-state index is -1.12. The summed E-state index contributed by atoms with van der Waals surface area (Å²) in [5, 5.41) is 0. The average Bonchev–Trinajstić information content (AvgIpc) is 2.76. The van der Waals surface area contributed by atoms with Gasteiger partial charge in [-0.05, 0) is 72.2 Å². The van der Waals surface area contributed by atoms with E-state index in [1.807, 2.05) is 0 Å². The molecule has 5 rings (SSSR count). The number of halogens is 4. The molecule has 1 fully saturated rings. The van der Waals surface area contributed by atoms with Crippen LogP contribution in [0.3, 0.4) is 0 Å². The number of fused-ring (bicyclic) bond motifs is 4. The first-order valence-corrected chi connectivity index (χ1v) is 10.8. The van der Waals surface area contributed by atoms with Gasteiger partial charge in [0.25, 0.3) is 0 Å². The molecular weight excluding hydrogens is 404 g/mol. The van der Waals surface area contributed by atoms with Crippen molar-refractivity contribution in [3.63, 3.8) is 0 Å². The topological polar surface area (TPSA) is 9.23 Å². The Bertz CT molecular complexity index is 1180. The van der Waals surface area contributed by atoms with E-state index < -0.39 is 17.5 Å². The van der Waals surface area contributed by atoms with Gasteiger partial charge in [0.15, 0.2) is 23.2 Å². The van der Waals surface area contributed by atoms with Crippen molar-refractivity contribution in [1.29, 1.82) is 0 Å². The summed E-state index contributed by atoms with van der Waals surface area (Å²) in [6, 6.07) is 9.23. The van der Waals surface area contributed by atoms with Crippen molar-refractivity contribution in [1.82, 2.24) is 0 Å². The molecule has 0 aromatic heterocycles. The van der Waals surface area contributed by atoms with Crippen molar-refractivity contribution in [3.05, 3.63) is 65.2 Å². The van der Waals surface area contributed by atoms with Crippen LogP contribution in [0.15, 0.2) is 36.4 Å². The van der Waals surface area contributed by atoms with Crippen molar-refractivity contribution < 1.29 is 22.3 Å². The van der Waals surface area contributed by atoms with Gasteiger partial charge in [0, 0.05) is 16.7 Å². The summed E-state index contributed by atoms with van der Waals surface area (Å²) in [6.45, 7) is 1.98. The van der Waals surface area contributed by atoms with Crippen LogP contribution in [0.25, 0.3) is 33.4 Å². The van der Waals surface area contributed by atoms with Gasteiger partial charge < -0.3 is 4.74 Å². The molecule has 3 aromatic rings. The van der Waals surface area contributed by atoms with Crippen molar-refractivity contribution >= 4 is 0 Å². The Morgan fingerprint density at radius 1 is 0.774 bits per heavy atom. The molecule has 160 valence electrons. The van der Waals surface area contributed by atoms with E-state index in [0.29, 0.717) is 16.7 Å². The summed E-state index contributed by atoms with van der Waals surface area (Å²) in [7, 11) is 0. The highest BCUT2D eigenvalue weighted by atomic mass is 19.2. The third-order valence-electron chi connectivity index (χ3n) is 6.51. The Balaban J connectivity index is 1.55. The molecule has 31 heavy (non-hydrogen) atoms. The summed E-state index contributed by atoms with van der Waals surface area (Å²) in [5.41, 5.74) is 1.75. The summed E-state index contributed by atoms with van der Waals surface area (Å²) in [4.78, 5) is 0. The van der Waals surface area contributed by atoms with Crippen LogP contribution >= 0.6 is 0 Å². The highest BCUT2D eigenvalue weighted by Crippen LogP contribution is 2.53. The maximum Gasteiger partial charge on any atom is 0.173 e. The Kier molecular flexibility index (Phi) is 4.99. The number of rotatable bonds is 4. The van der Waals surface area contributed by atoms with Gasteiger partial charge in [0.2, 0.25) is 0 Å². The predicted molar refractivity (Wildman–Crippen MR) is 113 cm³/mol. The first-order valence-electron chi connectivity index (χ1n) is 10.8.